The maximum Gasteiger partial charge on any atom is 0.150 e. The fraction of sp³-hybridized carbons (Fsp3) is 0.355. The molecule has 6 nitrogen and oxygen atoms in total. The Morgan fingerprint density at radius 3 is 2.19 bits per heavy atom. The molecule has 1 atom stereocenters. The number of fused-ring (bicyclic) bond motifs is 4. The van der Waals surface area contributed by atoms with Gasteiger partial charge in [0.15, 0.2) is 6.10 Å². The van der Waals surface area contributed by atoms with Crippen molar-refractivity contribution in [2.45, 2.75) is 25.4 Å². The number of piperidine rings is 1. The number of likely N-dealkylation sites (tertiary alicyclic amines) is 1. The Hall–Kier alpha value is -3.64. The molecule has 6 rings (SSSR count). The lowest BCUT2D eigenvalue weighted by molar-refractivity contribution is 0.183. The van der Waals surface area contributed by atoms with Gasteiger partial charge in [-0.2, -0.15) is 0 Å². The van der Waals surface area contributed by atoms with Crippen LogP contribution < -0.4 is 23.7 Å². The fourth-order valence-electron chi connectivity index (χ4n) is 5.50. The first-order valence-corrected chi connectivity index (χ1v) is 13.1. The van der Waals surface area contributed by atoms with E-state index in [1.807, 2.05) is 36.4 Å². The van der Waals surface area contributed by atoms with Crippen LogP contribution in [0, 0.1) is 0 Å². The van der Waals surface area contributed by atoms with Crippen molar-refractivity contribution in [3.05, 3.63) is 77.4 Å². The first-order valence-electron chi connectivity index (χ1n) is 13.1. The third-order valence-electron chi connectivity index (χ3n) is 7.50. The van der Waals surface area contributed by atoms with Crippen molar-refractivity contribution in [3.63, 3.8) is 0 Å². The highest BCUT2D eigenvalue weighted by Gasteiger charge is 2.35. The summed E-state index contributed by atoms with van der Waals surface area (Å²) in [5.41, 5.74) is 5.38. The van der Waals surface area contributed by atoms with Crippen molar-refractivity contribution in [1.29, 1.82) is 0 Å². The van der Waals surface area contributed by atoms with Gasteiger partial charge in [-0.05, 0) is 67.9 Å². The highest BCUT2D eigenvalue weighted by molar-refractivity contribution is 5.99. The molecule has 3 aliphatic heterocycles. The molecule has 0 saturated carbocycles. The second kappa shape index (κ2) is 10.4. The zero-order chi connectivity index (χ0) is 25.2. The third-order valence-corrected chi connectivity index (χ3v) is 7.50. The fourth-order valence-corrected chi connectivity index (χ4v) is 5.50. The second-order valence-corrected chi connectivity index (χ2v) is 9.72. The molecule has 3 aromatic rings. The van der Waals surface area contributed by atoms with Crippen molar-refractivity contribution in [1.82, 2.24) is 4.90 Å². The van der Waals surface area contributed by atoms with Gasteiger partial charge in [0.05, 0.1) is 14.2 Å². The van der Waals surface area contributed by atoms with Gasteiger partial charge in [-0.25, -0.2) is 0 Å². The number of ether oxygens (including phenoxy) is 5. The molecular formula is C31H33NO5. The van der Waals surface area contributed by atoms with Crippen LogP contribution in [0.25, 0.3) is 11.1 Å². The highest BCUT2D eigenvalue weighted by Crippen LogP contribution is 2.52. The Morgan fingerprint density at radius 1 is 0.784 bits per heavy atom. The monoisotopic (exact) mass is 499 g/mol. The van der Waals surface area contributed by atoms with Crippen molar-refractivity contribution in [2.24, 2.45) is 0 Å². The SMILES string of the molecule is COc1ccc2c(c1)O[C@@H](c1ccc(OCCN3CCCCC3)cc1)C1=C2COc2cc(OC)ccc21. The first kappa shape index (κ1) is 23.7. The van der Waals surface area contributed by atoms with E-state index in [4.69, 9.17) is 23.7 Å². The van der Waals surface area contributed by atoms with Gasteiger partial charge < -0.3 is 23.7 Å². The second-order valence-electron chi connectivity index (χ2n) is 9.72. The molecule has 0 N–H and O–H groups in total. The lowest BCUT2D eigenvalue weighted by atomic mass is 9.84. The first-order chi connectivity index (χ1) is 18.2. The van der Waals surface area contributed by atoms with Crippen LogP contribution >= 0.6 is 0 Å². The van der Waals surface area contributed by atoms with E-state index in [2.05, 4.69) is 29.2 Å². The molecule has 0 unspecified atom stereocenters. The van der Waals surface area contributed by atoms with Gasteiger partial charge in [-0.15, -0.1) is 0 Å². The molecule has 0 aromatic heterocycles. The van der Waals surface area contributed by atoms with Gasteiger partial charge in [0.2, 0.25) is 0 Å². The van der Waals surface area contributed by atoms with Crippen LogP contribution in [0.15, 0.2) is 60.7 Å². The minimum atomic E-state index is -0.284. The van der Waals surface area contributed by atoms with Crippen LogP contribution in [0.3, 0.4) is 0 Å². The predicted molar refractivity (Wildman–Crippen MR) is 144 cm³/mol. The molecule has 0 radical (unpaired) electrons. The summed E-state index contributed by atoms with van der Waals surface area (Å²) in [5, 5.41) is 0. The van der Waals surface area contributed by atoms with E-state index in [0.717, 1.165) is 63.1 Å². The van der Waals surface area contributed by atoms with Crippen LogP contribution in [0.4, 0.5) is 0 Å². The Kier molecular flexibility index (Phi) is 6.66. The van der Waals surface area contributed by atoms with Crippen LogP contribution in [-0.4, -0.2) is 52.0 Å². The van der Waals surface area contributed by atoms with Gasteiger partial charge in [-0.3, -0.25) is 4.90 Å². The van der Waals surface area contributed by atoms with Crippen LogP contribution in [-0.2, 0) is 0 Å². The van der Waals surface area contributed by atoms with Crippen molar-refractivity contribution < 1.29 is 23.7 Å². The molecule has 3 aliphatic rings. The summed E-state index contributed by atoms with van der Waals surface area (Å²) in [5.74, 6) is 4.02. The van der Waals surface area contributed by atoms with Crippen LogP contribution in [0.5, 0.6) is 28.7 Å². The third kappa shape index (κ3) is 4.74. The normalized spacial score (nSPS) is 18.6. The minimum absolute atomic E-state index is 0.284. The lowest BCUT2D eigenvalue weighted by Gasteiger charge is -2.35. The smallest absolute Gasteiger partial charge is 0.150 e. The highest BCUT2D eigenvalue weighted by atomic mass is 16.5. The number of nitrogens with zero attached hydrogens (tertiary/aromatic N) is 1. The molecule has 1 fully saturated rings. The van der Waals surface area contributed by atoms with Crippen molar-refractivity contribution in [2.75, 3.05) is 47.1 Å². The maximum absolute atomic E-state index is 6.67. The zero-order valence-corrected chi connectivity index (χ0v) is 21.5. The summed E-state index contributed by atoms with van der Waals surface area (Å²) in [6, 6.07) is 20.2. The Morgan fingerprint density at radius 2 is 1.46 bits per heavy atom. The molecule has 0 spiro atoms. The lowest BCUT2D eigenvalue weighted by Crippen LogP contribution is -2.33. The summed E-state index contributed by atoms with van der Waals surface area (Å²) in [6.45, 7) is 4.51. The van der Waals surface area contributed by atoms with Gasteiger partial charge in [0.1, 0.15) is 42.0 Å². The van der Waals surface area contributed by atoms with E-state index in [1.165, 1.54) is 32.4 Å². The van der Waals surface area contributed by atoms with Gasteiger partial charge in [0, 0.05) is 41.0 Å². The zero-order valence-electron chi connectivity index (χ0n) is 21.5. The van der Waals surface area contributed by atoms with Crippen molar-refractivity contribution in [3.8, 4) is 28.7 Å². The number of rotatable bonds is 7. The van der Waals surface area contributed by atoms with E-state index < -0.39 is 0 Å². The number of methoxy groups -OCH3 is 2. The summed E-state index contributed by atoms with van der Waals surface area (Å²) in [4.78, 5) is 2.49. The average Bonchev–Trinajstić information content (AvgIpc) is 2.96. The molecule has 0 aliphatic carbocycles. The molecule has 3 aromatic carbocycles. The standard InChI is InChI=1S/C31H33NO5/c1-33-23-11-13-26-28(18-23)36-20-27-25-12-10-24(34-2)19-29(25)37-31(30(26)27)21-6-8-22(9-7-21)35-17-16-32-14-4-3-5-15-32/h6-13,18-19,31H,3-5,14-17,20H2,1-2H3/t31-/m0/s1. The van der Waals surface area contributed by atoms with Crippen molar-refractivity contribution >= 4 is 11.1 Å². The van der Waals surface area contributed by atoms with Crippen LogP contribution in [0.2, 0.25) is 0 Å². The largest absolute Gasteiger partial charge is 0.497 e. The maximum atomic E-state index is 6.67. The summed E-state index contributed by atoms with van der Waals surface area (Å²) in [6.07, 6.45) is 3.66. The van der Waals surface area contributed by atoms with E-state index >= 15 is 0 Å². The summed E-state index contributed by atoms with van der Waals surface area (Å²) < 4.78 is 29.9. The molecule has 1 saturated heterocycles. The van der Waals surface area contributed by atoms with Gasteiger partial charge in [-0.1, -0.05) is 18.6 Å². The molecule has 0 amide bonds. The summed E-state index contributed by atoms with van der Waals surface area (Å²) in [7, 11) is 3.34. The van der Waals surface area contributed by atoms with E-state index in [0.29, 0.717) is 13.2 Å². The van der Waals surface area contributed by atoms with Gasteiger partial charge >= 0.3 is 0 Å². The predicted octanol–water partition coefficient (Wildman–Crippen LogP) is 6.01. The molecule has 3 heterocycles. The Bertz CT molecular complexity index is 1290. The number of benzene rings is 3. The molecular weight excluding hydrogens is 466 g/mol. The van der Waals surface area contributed by atoms with E-state index in [1.54, 1.807) is 14.2 Å². The van der Waals surface area contributed by atoms with E-state index in [9.17, 15) is 0 Å². The molecule has 192 valence electrons. The molecule has 6 heteroatoms. The van der Waals surface area contributed by atoms with Crippen LogP contribution in [0.1, 0.15) is 42.1 Å². The minimum Gasteiger partial charge on any atom is -0.497 e. The Labute approximate surface area is 218 Å². The van der Waals surface area contributed by atoms with Gasteiger partial charge in [0.25, 0.3) is 0 Å². The molecule has 0 bridgehead atoms. The average molecular weight is 500 g/mol. The number of hydrogen-bond donors (Lipinski definition) is 0. The van der Waals surface area contributed by atoms with E-state index in [-0.39, 0.29) is 6.10 Å². The number of hydrogen-bond acceptors (Lipinski definition) is 6. The molecule has 37 heavy (non-hydrogen) atoms. The topological polar surface area (TPSA) is 49.4 Å². The quantitative estimate of drug-likeness (QED) is 0.397. The Balaban J connectivity index is 1.30. The summed E-state index contributed by atoms with van der Waals surface area (Å²) >= 11 is 0.